The zero-order chi connectivity index (χ0) is 16.9. The van der Waals surface area contributed by atoms with Crippen LogP contribution in [0.2, 0.25) is 0 Å². The quantitative estimate of drug-likeness (QED) is 0.633. The summed E-state index contributed by atoms with van der Waals surface area (Å²) in [7, 11) is 0. The number of primary amides is 1. The van der Waals surface area contributed by atoms with Gasteiger partial charge < -0.3 is 16.6 Å². The number of phenolic OH excluding ortho intramolecular Hbond substituents is 1. The van der Waals surface area contributed by atoms with Gasteiger partial charge in [0, 0.05) is 5.56 Å². The Morgan fingerprint density at radius 3 is 2.70 bits per heavy atom. The summed E-state index contributed by atoms with van der Waals surface area (Å²) < 4.78 is 2.09. The first-order chi connectivity index (χ1) is 10.8. The predicted molar refractivity (Wildman–Crippen MR) is 90.6 cm³/mol. The topological polar surface area (TPSA) is 120 Å². The van der Waals surface area contributed by atoms with Crippen LogP contribution in [0.5, 0.6) is 5.75 Å². The van der Waals surface area contributed by atoms with Gasteiger partial charge in [-0.15, -0.1) is 0 Å². The molecule has 0 radical (unpaired) electrons. The molecule has 7 nitrogen and oxygen atoms in total. The molecule has 0 aliphatic carbocycles. The normalized spacial score (nSPS) is 11.1. The number of benzene rings is 1. The van der Waals surface area contributed by atoms with E-state index in [4.69, 9.17) is 11.5 Å². The van der Waals surface area contributed by atoms with Crippen molar-refractivity contribution >= 4 is 38.8 Å². The summed E-state index contributed by atoms with van der Waals surface area (Å²) in [5.74, 6) is -0.420. The highest BCUT2D eigenvalue weighted by molar-refractivity contribution is 9.10. The van der Waals surface area contributed by atoms with Gasteiger partial charge in [0.15, 0.2) is 5.65 Å². The molecule has 0 bridgehead atoms. The van der Waals surface area contributed by atoms with Crippen molar-refractivity contribution in [3.63, 3.8) is 0 Å². The fraction of sp³-hybridized carbons (Fsp3) is 0.133. The number of aromatic nitrogens is 3. The van der Waals surface area contributed by atoms with Gasteiger partial charge in [-0.3, -0.25) is 9.36 Å². The summed E-state index contributed by atoms with van der Waals surface area (Å²) in [5, 5.41) is 10.0. The van der Waals surface area contributed by atoms with E-state index in [9.17, 15) is 9.90 Å². The third-order valence-corrected chi connectivity index (χ3v) is 4.13. The number of rotatable bonds is 2. The van der Waals surface area contributed by atoms with Gasteiger partial charge in [-0.1, -0.05) is 6.07 Å². The van der Waals surface area contributed by atoms with Crippen molar-refractivity contribution in [1.29, 1.82) is 0 Å². The van der Waals surface area contributed by atoms with Gasteiger partial charge in [-0.05, 0) is 41.4 Å². The molecule has 8 heteroatoms. The van der Waals surface area contributed by atoms with E-state index in [1.54, 1.807) is 23.6 Å². The minimum absolute atomic E-state index is 0.113. The first-order valence-electron chi connectivity index (χ1n) is 6.74. The molecular formula is C15H14BrN5O2. The van der Waals surface area contributed by atoms with Gasteiger partial charge in [0.05, 0.1) is 11.9 Å². The molecule has 0 atom stereocenters. The Kier molecular flexibility index (Phi) is 3.48. The molecule has 1 aromatic carbocycles. The fourth-order valence-corrected chi connectivity index (χ4v) is 2.95. The van der Waals surface area contributed by atoms with Gasteiger partial charge in [-0.25, -0.2) is 9.97 Å². The third kappa shape index (κ3) is 2.22. The summed E-state index contributed by atoms with van der Waals surface area (Å²) in [6.07, 6.45) is 1.47. The van der Waals surface area contributed by atoms with E-state index in [2.05, 4.69) is 25.9 Å². The summed E-state index contributed by atoms with van der Waals surface area (Å²) in [6.45, 7) is 3.64. The molecule has 0 spiro atoms. The van der Waals surface area contributed by atoms with Crippen molar-refractivity contribution in [1.82, 2.24) is 14.5 Å². The Morgan fingerprint density at radius 2 is 2.04 bits per heavy atom. The molecule has 2 heterocycles. The zero-order valence-electron chi connectivity index (χ0n) is 12.5. The Bertz CT molecular complexity index is 964. The standard InChI is InChI=1S/C15H14BrN5O2/c1-6-3-4-8(22)7(2)12(6)21-13(17)10(14(18)23)11-15(21)20-9(16)5-19-11/h3-5,22H,17H2,1-2H3,(H2,18,23). The lowest BCUT2D eigenvalue weighted by Gasteiger charge is -2.15. The number of carbonyl (C=O) groups is 1. The van der Waals surface area contributed by atoms with Crippen LogP contribution in [-0.2, 0) is 0 Å². The maximum Gasteiger partial charge on any atom is 0.254 e. The van der Waals surface area contributed by atoms with Crippen molar-refractivity contribution in [3.8, 4) is 11.4 Å². The Balaban J connectivity index is 2.53. The highest BCUT2D eigenvalue weighted by Gasteiger charge is 2.24. The Labute approximate surface area is 140 Å². The summed E-state index contributed by atoms with van der Waals surface area (Å²) in [4.78, 5) is 20.4. The number of nitrogens with two attached hydrogens (primary N) is 2. The number of phenols is 1. The lowest BCUT2D eigenvalue weighted by Crippen LogP contribution is -2.14. The third-order valence-electron chi connectivity index (χ3n) is 3.74. The van der Waals surface area contributed by atoms with Gasteiger partial charge in [0.25, 0.3) is 5.91 Å². The van der Waals surface area contributed by atoms with E-state index < -0.39 is 5.91 Å². The van der Waals surface area contributed by atoms with E-state index in [1.807, 2.05) is 6.92 Å². The number of carbonyl (C=O) groups excluding carboxylic acids is 1. The van der Waals surface area contributed by atoms with Crippen molar-refractivity contribution in [2.24, 2.45) is 5.73 Å². The van der Waals surface area contributed by atoms with Crippen molar-refractivity contribution < 1.29 is 9.90 Å². The van der Waals surface area contributed by atoms with Gasteiger partial charge in [0.1, 0.15) is 27.3 Å². The second-order valence-electron chi connectivity index (χ2n) is 5.20. The number of aryl methyl sites for hydroxylation is 1. The molecule has 0 aliphatic rings. The second-order valence-corrected chi connectivity index (χ2v) is 6.01. The van der Waals surface area contributed by atoms with Crippen molar-refractivity contribution in [3.05, 3.63) is 39.6 Å². The molecule has 3 aromatic rings. The maximum atomic E-state index is 11.8. The minimum atomic E-state index is -0.682. The molecule has 2 aromatic heterocycles. The van der Waals surface area contributed by atoms with E-state index in [1.165, 1.54) is 6.20 Å². The zero-order valence-corrected chi connectivity index (χ0v) is 14.0. The number of anilines is 1. The van der Waals surface area contributed by atoms with Crippen molar-refractivity contribution in [2.75, 3.05) is 5.73 Å². The first-order valence-corrected chi connectivity index (χ1v) is 7.54. The van der Waals surface area contributed by atoms with Crippen LogP contribution in [0, 0.1) is 13.8 Å². The maximum absolute atomic E-state index is 11.8. The highest BCUT2D eigenvalue weighted by Crippen LogP contribution is 2.35. The molecular weight excluding hydrogens is 362 g/mol. The lowest BCUT2D eigenvalue weighted by atomic mass is 10.1. The lowest BCUT2D eigenvalue weighted by molar-refractivity contribution is 0.100. The van der Waals surface area contributed by atoms with Crippen LogP contribution in [0.15, 0.2) is 22.9 Å². The van der Waals surface area contributed by atoms with E-state index >= 15 is 0 Å². The van der Waals surface area contributed by atoms with E-state index in [0.29, 0.717) is 27.0 Å². The first kappa shape index (κ1) is 15.3. The average molecular weight is 376 g/mol. The number of halogens is 1. The van der Waals surface area contributed by atoms with E-state index in [0.717, 1.165) is 5.56 Å². The van der Waals surface area contributed by atoms with Crippen LogP contribution in [0.4, 0.5) is 5.82 Å². The Morgan fingerprint density at radius 1 is 1.35 bits per heavy atom. The molecule has 0 unspecified atom stereocenters. The van der Waals surface area contributed by atoms with Crippen LogP contribution in [-0.4, -0.2) is 25.5 Å². The molecule has 0 fully saturated rings. The second kappa shape index (κ2) is 5.24. The molecule has 0 aliphatic heterocycles. The molecule has 118 valence electrons. The van der Waals surface area contributed by atoms with Gasteiger partial charge in [0.2, 0.25) is 0 Å². The molecule has 3 rings (SSSR count). The number of hydrogen-bond donors (Lipinski definition) is 3. The molecule has 0 saturated heterocycles. The van der Waals surface area contributed by atoms with Crippen LogP contribution < -0.4 is 11.5 Å². The van der Waals surface area contributed by atoms with Gasteiger partial charge in [-0.2, -0.15) is 0 Å². The molecule has 23 heavy (non-hydrogen) atoms. The highest BCUT2D eigenvalue weighted by atomic mass is 79.9. The molecule has 0 saturated carbocycles. The minimum Gasteiger partial charge on any atom is -0.508 e. The number of hydrogen-bond acceptors (Lipinski definition) is 5. The van der Waals surface area contributed by atoms with Crippen LogP contribution in [0.1, 0.15) is 21.5 Å². The monoisotopic (exact) mass is 375 g/mol. The number of aromatic hydroxyl groups is 1. The molecule has 5 N–H and O–H groups in total. The molecule has 1 amide bonds. The van der Waals surface area contributed by atoms with Gasteiger partial charge >= 0.3 is 0 Å². The summed E-state index contributed by atoms with van der Waals surface area (Å²) in [6, 6.07) is 3.37. The average Bonchev–Trinajstić information content (AvgIpc) is 2.76. The summed E-state index contributed by atoms with van der Waals surface area (Å²) in [5.41, 5.74) is 14.6. The number of fused-ring (bicyclic) bond motifs is 1. The van der Waals surface area contributed by atoms with Crippen LogP contribution in [0.3, 0.4) is 0 Å². The SMILES string of the molecule is Cc1ccc(O)c(C)c1-n1c(N)c(C(N)=O)c2ncc(Br)nc21. The smallest absolute Gasteiger partial charge is 0.254 e. The largest absolute Gasteiger partial charge is 0.508 e. The number of nitrogen functional groups attached to an aromatic ring is 1. The number of nitrogens with zero attached hydrogens (tertiary/aromatic N) is 3. The van der Waals surface area contributed by atoms with Crippen molar-refractivity contribution in [2.45, 2.75) is 13.8 Å². The van der Waals surface area contributed by atoms with E-state index in [-0.39, 0.29) is 17.1 Å². The number of amides is 1. The van der Waals surface area contributed by atoms with Crippen LogP contribution >= 0.6 is 15.9 Å². The fourth-order valence-electron chi connectivity index (χ4n) is 2.68. The Hall–Kier alpha value is -2.61. The summed E-state index contributed by atoms with van der Waals surface area (Å²) >= 11 is 3.27. The predicted octanol–water partition coefficient (Wildman–Crippen LogP) is 2.19. The van der Waals surface area contributed by atoms with Crippen LogP contribution in [0.25, 0.3) is 16.9 Å².